The number of benzene rings is 2. The van der Waals surface area contributed by atoms with Crippen LogP contribution in [0.1, 0.15) is 65.0 Å². The van der Waals surface area contributed by atoms with Gasteiger partial charge in [-0.1, -0.05) is 0 Å². The van der Waals surface area contributed by atoms with Crippen molar-refractivity contribution >= 4 is 33.2 Å². The van der Waals surface area contributed by atoms with E-state index >= 15 is 0 Å². The van der Waals surface area contributed by atoms with E-state index in [2.05, 4.69) is 92.2 Å². The van der Waals surface area contributed by atoms with E-state index in [1.165, 1.54) is 25.9 Å². The van der Waals surface area contributed by atoms with Crippen LogP contribution in [0.5, 0.6) is 11.5 Å². The molecule has 10 rings (SSSR count). The first-order valence-electron chi connectivity index (χ1n) is 20.6. The fourth-order valence-corrected chi connectivity index (χ4v) is 9.89. The van der Waals surface area contributed by atoms with E-state index in [0.29, 0.717) is 34.5 Å². The maximum absolute atomic E-state index is 10.7. The Morgan fingerprint density at radius 3 is 1.98 bits per heavy atom. The fourth-order valence-electron chi connectivity index (χ4n) is 9.89. The summed E-state index contributed by atoms with van der Waals surface area (Å²) in [6.45, 7) is 13.5. The van der Waals surface area contributed by atoms with Crippen molar-refractivity contribution in [3.8, 4) is 34.0 Å². The fraction of sp³-hybridized carbons (Fsp3) is 0.435. The lowest BCUT2D eigenvalue weighted by atomic mass is 9.79. The zero-order valence-corrected chi connectivity index (χ0v) is 34.4. The van der Waals surface area contributed by atoms with E-state index in [4.69, 9.17) is 0 Å². The molecular formula is C46H54N10O2. The number of phenols is 2. The number of aromatic nitrogens is 6. The Bertz CT molecular complexity index is 2420. The van der Waals surface area contributed by atoms with Crippen LogP contribution >= 0.6 is 0 Å². The second-order valence-electron chi connectivity index (χ2n) is 18.4. The highest BCUT2D eigenvalue weighted by Crippen LogP contribution is 2.44. The van der Waals surface area contributed by atoms with Gasteiger partial charge in [0.1, 0.15) is 11.5 Å². The summed E-state index contributed by atoms with van der Waals surface area (Å²) >= 11 is 0. The van der Waals surface area contributed by atoms with Gasteiger partial charge in [-0.15, -0.1) is 20.4 Å². The molecule has 0 radical (unpaired) electrons. The van der Waals surface area contributed by atoms with Crippen molar-refractivity contribution in [1.82, 2.24) is 40.6 Å². The first-order valence-corrected chi connectivity index (χ1v) is 20.6. The number of pyridine rings is 2. The second-order valence-corrected chi connectivity index (χ2v) is 18.4. The average Bonchev–Trinajstić information content (AvgIpc) is 3.88. The van der Waals surface area contributed by atoms with Crippen LogP contribution in [0.4, 0.5) is 11.6 Å². The standard InChI is InChI=1S/C26H33N5O.C20H21N5O/c1-25(2)14-18(15-26(3,4)30-25)31(5)23-9-8-21(28-29-23)20-13-19-17(12-22(20)32)10-11-27-24(19)16-6-7-16;1-24-9-15-11-25(12-16(15)10-24)20-3-2-18(22-23-20)17-6-14-8-21-5-4-13(14)7-19(17)26/h8-13,16,18,30,32H,6-7,14-15H2,1-5H3;2-8,15-16,26H,9-12H2,1H3/t;15-,16+. The Balaban J connectivity index is 0.000000153. The molecule has 300 valence electrons. The van der Waals surface area contributed by atoms with Crippen LogP contribution in [-0.4, -0.2) is 103 Å². The molecule has 0 unspecified atom stereocenters. The molecule has 2 aromatic carbocycles. The van der Waals surface area contributed by atoms with Crippen LogP contribution in [0.25, 0.3) is 44.1 Å². The van der Waals surface area contributed by atoms with Gasteiger partial charge in [0, 0.05) is 96.8 Å². The molecule has 1 saturated carbocycles. The number of nitrogens with zero attached hydrogens (tertiary/aromatic N) is 9. The van der Waals surface area contributed by atoms with Gasteiger partial charge in [-0.05, 0) is 144 Å². The molecule has 0 bridgehead atoms. The predicted octanol–water partition coefficient (Wildman–Crippen LogP) is 7.42. The van der Waals surface area contributed by atoms with E-state index in [1.807, 2.05) is 60.8 Å². The molecule has 3 aliphatic heterocycles. The van der Waals surface area contributed by atoms with Crippen LogP contribution in [0.15, 0.2) is 79.3 Å². The van der Waals surface area contributed by atoms with Gasteiger partial charge in [0.15, 0.2) is 11.6 Å². The molecule has 1 aliphatic carbocycles. The molecule has 0 spiro atoms. The number of nitrogens with one attached hydrogen (secondary N) is 1. The summed E-state index contributed by atoms with van der Waals surface area (Å²) in [5.41, 5.74) is 4.01. The number of aromatic hydroxyl groups is 2. The number of fused-ring (bicyclic) bond motifs is 3. The third-order valence-electron chi connectivity index (χ3n) is 12.6. The van der Waals surface area contributed by atoms with Crippen molar-refractivity contribution in [1.29, 1.82) is 0 Å². The number of hydrogen-bond donors (Lipinski definition) is 3. The minimum absolute atomic E-state index is 0.0677. The summed E-state index contributed by atoms with van der Waals surface area (Å²) < 4.78 is 0. The van der Waals surface area contributed by atoms with E-state index in [9.17, 15) is 10.2 Å². The topological polar surface area (TPSA) is 140 Å². The molecule has 4 aromatic heterocycles. The number of hydrogen-bond acceptors (Lipinski definition) is 12. The number of anilines is 2. The Morgan fingerprint density at radius 1 is 0.707 bits per heavy atom. The van der Waals surface area contributed by atoms with Crippen molar-refractivity contribution in [3.63, 3.8) is 0 Å². The average molecular weight is 779 g/mol. The van der Waals surface area contributed by atoms with Crippen LogP contribution in [0, 0.1) is 11.8 Å². The smallest absolute Gasteiger partial charge is 0.151 e. The number of rotatable bonds is 6. The Hall–Kier alpha value is -5.46. The number of phenolic OH excluding ortho intramolecular Hbond substituents is 2. The summed E-state index contributed by atoms with van der Waals surface area (Å²) in [5.74, 6) is 4.22. The molecule has 12 nitrogen and oxygen atoms in total. The van der Waals surface area contributed by atoms with Gasteiger partial charge in [-0.3, -0.25) is 9.97 Å². The molecule has 0 amide bonds. The monoisotopic (exact) mass is 778 g/mol. The predicted molar refractivity (Wildman–Crippen MR) is 230 cm³/mol. The summed E-state index contributed by atoms with van der Waals surface area (Å²) in [7, 11) is 4.30. The van der Waals surface area contributed by atoms with Gasteiger partial charge < -0.3 is 30.2 Å². The van der Waals surface area contributed by atoms with Crippen molar-refractivity contribution in [3.05, 3.63) is 84.9 Å². The van der Waals surface area contributed by atoms with Gasteiger partial charge in [0.25, 0.3) is 0 Å². The number of piperidine rings is 1. The quantitative estimate of drug-likeness (QED) is 0.155. The lowest BCUT2D eigenvalue weighted by molar-refractivity contribution is 0.160. The molecule has 2 atom stereocenters. The Labute approximate surface area is 340 Å². The lowest BCUT2D eigenvalue weighted by Crippen LogP contribution is -2.62. The summed E-state index contributed by atoms with van der Waals surface area (Å²) in [6.07, 6.45) is 9.81. The van der Waals surface area contributed by atoms with Crippen LogP contribution in [0.2, 0.25) is 0 Å². The summed E-state index contributed by atoms with van der Waals surface area (Å²) in [6, 6.07) is 19.7. The zero-order valence-electron chi connectivity index (χ0n) is 34.4. The van der Waals surface area contributed by atoms with Crippen molar-refractivity contribution in [2.75, 3.05) is 50.1 Å². The van der Waals surface area contributed by atoms with Crippen LogP contribution in [0.3, 0.4) is 0 Å². The van der Waals surface area contributed by atoms with Crippen LogP contribution < -0.4 is 15.1 Å². The van der Waals surface area contributed by atoms with Crippen molar-refractivity contribution in [2.45, 2.75) is 76.4 Å². The van der Waals surface area contributed by atoms with Crippen molar-refractivity contribution in [2.24, 2.45) is 11.8 Å². The first-order chi connectivity index (χ1) is 27.8. The molecule has 4 fully saturated rings. The summed E-state index contributed by atoms with van der Waals surface area (Å²) in [4.78, 5) is 15.8. The summed E-state index contributed by atoms with van der Waals surface area (Å²) in [5, 5.41) is 46.7. The maximum Gasteiger partial charge on any atom is 0.151 e. The van der Waals surface area contributed by atoms with E-state index in [-0.39, 0.29) is 22.6 Å². The highest BCUT2D eigenvalue weighted by atomic mass is 16.3. The third kappa shape index (κ3) is 7.75. The van der Waals surface area contributed by atoms with Crippen molar-refractivity contribution < 1.29 is 10.2 Å². The molecule has 3 saturated heterocycles. The van der Waals surface area contributed by atoms with E-state index in [1.54, 1.807) is 18.5 Å². The molecule has 7 heterocycles. The molecule has 6 aromatic rings. The highest BCUT2D eigenvalue weighted by Gasteiger charge is 2.40. The van der Waals surface area contributed by atoms with Gasteiger partial charge in [-0.2, -0.15) is 0 Å². The van der Waals surface area contributed by atoms with Gasteiger partial charge in [0.2, 0.25) is 0 Å². The zero-order chi connectivity index (χ0) is 40.3. The van der Waals surface area contributed by atoms with E-state index < -0.39 is 0 Å². The highest BCUT2D eigenvalue weighted by molar-refractivity contribution is 5.92. The largest absolute Gasteiger partial charge is 0.507 e. The van der Waals surface area contributed by atoms with Gasteiger partial charge in [-0.25, -0.2) is 0 Å². The van der Waals surface area contributed by atoms with Gasteiger partial charge in [0.05, 0.1) is 17.1 Å². The minimum atomic E-state index is 0.0677. The first kappa shape index (κ1) is 38.1. The van der Waals surface area contributed by atoms with Gasteiger partial charge >= 0.3 is 0 Å². The second kappa shape index (κ2) is 14.7. The Kier molecular flexibility index (Phi) is 9.67. The Morgan fingerprint density at radius 2 is 1.34 bits per heavy atom. The normalized spacial score (nSPS) is 21.5. The molecule has 4 aliphatic rings. The molecule has 58 heavy (non-hydrogen) atoms. The molecular weight excluding hydrogens is 725 g/mol. The third-order valence-corrected chi connectivity index (χ3v) is 12.6. The van der Waals surface area contributed by atoms with E-state index in [0.717, 1.165) is 76.6 Å². The molecule has 3 N–H and O–H groups in total. The minimum Gasteiger partial charge on any atom is -0.507 e. The lowest BCUT2D eigenvalue weighted by Gasteiger charge is -2.49. The number of likely N-dealkylation sites (tertiary alicyclic amines) is 1. The molecule has 12 heteroatoms. The van der Waals surface area contributed by atoms with Crippen LogP contribution in [-0.2, 0) is 0 Å². The maximum atomic E-state index is 10.7. The SMILES string of the molecule is CN(c1ccc(-c2cc3c(C4CC4)nccc3cc2O)nn1)C1CC(C)(C)NC(C)(C)C1.CN1C[C@@H]2CN(c3ccc(-c4cc5cnccc5cc4O)nn3)C[C@@H]2C1.